The first-order valence-corrected chi connectivity index (χ1v) is 5.84. The summed E-state index contributed by atoms with van der Waals surface area (Å²) >= 11 is 0. The number of nitrogens with zero attached hydrogens (tertiary/aromatic N) is 2. The molecule has 0 saturated carbocycles. The molecule has 1 aromatic rings. The van der Waals surface area contributed by atoms with E-state index in [1.165, 1.54) is 5.56 Å². The zero-order valence-corrected chi connectivity index (χ0v) is 12.1. The Bertz CT molecular complexity index is 392. The Balaban J connectivity index is 0.00000289. The minimum atomic E-state index is 0. The normalized spacial score (nSPS) is 10.9. The van der Waals surface area contributed by atoms with Crippen molar-refractivity contribution in [3.05, 3.63) is 35.4 Å². The molecular formula is C14H22ClN3. The lowest BCUT2D eigenvalue weighted by atomic mass is 9.93. The fourth-order valence-electron chi connectivity index (χ4n) is 1.85. The molecule has 0 fully saturated rings. The number of hydrogen-bond acceptors (Lipinski definition) is 3. The van der Waals surface area contributed by atoms with Crippen molar-refractivity contribution in [1.82, 2.24) is 4.90 Å². The van der Waals surface area contributed by atoms with Gasteiger partial charge in [-0.25, -0.2) is 0 Å². The highest BCUT2D eigenvalue weighted by Gasteiger charge is 2.17. The van der Waals surface area contributed by atoms with E-state index in [-0.39, 0.29) is 17.8 Å². The van der Waals surface area contributed by atoms with Gasteiger partial charge in [-0.05, 0) is 36.7 Å². The number of nitrogens with two attached hydrogens (primary N) is 1. The van der Waals surface area contributed by atoms with Crippen LogP contribution in [0.2, 0.25) is 0 Å². The molecule has 18 heavy (non-hydrogen) atoms. The smallest absolute Gasteiger partial charge is 0.0991 e. The van der Waals surface area contributed by atoms with Gasteiger partial charge in [-0.15, -0.1) is 12.4 Å². The van der Waals surface area contributed by atoms with Crippen molar-refractivity contribution in [2.45, 2.75) is 20.4 Å². The molecule has 0 unspecified atom stereocenters. The largest absolute Gasteiger partial charge is 0.330 e. The van der Waals surface area contributed by atoms with Crippen molar-refractivity contribution in [3.8, 4) is 6.07 Å². The molecule has 3 nitrogen and oxygen atoms in total. The summed E-state index contributed by atoms with van der Waals surface area (Å²) in [4.78, 5) is 2.26. The van der Waals surface area contributed by atoms with E-state index < -0.39 is 0 Å². The molecule has 4 heteroatoms. The summed E-state index contributed by atoms with van der Waals surface area (Å²) in [5.74, 6) is 0. The monoisotopic (exact) mass is 267 g/mol. The highest BCUT2D eigenvalue weighted by Crippen LogP contribution is 2.15. The third-order valence-electron chi connectivity index (χ3n) is 2.79. The van der Waals surface area contributed by atoms with Crippen LogP contribution in [-0.4, -0.2) is 25.0 Å². The number of rotatable bonds is 5. The van der Waals surface area contributed by atoms with Gasteiger partial charge in [-0.1, -0.05) is 26.0 Å². The zero-order chi connectivity index (χ0) is 12.9. The van der Waals surface area contributed by atoms with Crippen LogP contribution in [0.25, 0.3) is 0 Å². The molecule has 0 spiro atoms. The fourth-order valence-corrected chi connectivity index (χ4v) is 1.85. The zero-order valence-electron chi connectivity index (χ0n) is 11.3. The molecule has 1 rings (SSSR count). The minimum absolute atomic E-state index is 0. The number of nitriles is 1. The first kappa shape index (κ1) is 16.9. The Kier molecular flexibility index (Phi) is 6.93. The van der Waals surface area contributed by atoms with Gasteiger partial charge in [0, 0.05) is 13.1 Å². The van der Waals surface area contributed by atoms with Gasteiger partial charge < -0.3 is 10.6 Å². The van der Waals surface area contributed by atoms with Gasteiger partial charge in [-0.2, -0.15) is 5.26 Å². The predicted octanol–water partition coefficient (Wildman–Crippen LogP) is 2.40. The van der Waals surface area contributed by atoms with E-state index >= 15 is 0 Å². The Hall–Kier alpha value is -1.08. The second-order valence-corrected chi connectivity index (χ2v) is 5.35. The van der Waals surface area contributed by atoms with Gasteiger partial charge in [0.1, 0.15) is 0 Å². The first-order chi connectivity index (χ1) is 7.96. The lowest BCUT2D eigenvalue weighted by Gasteiger charge is -2.29. The average Bonchev–Trinajstić information content (AvgIpc) is 2.29. The summed E-state index contributed by atoms with van der Waals surface area (Å²) < 4.78 is 0. The molecule has 0 bridgehead atoms. The summed E-state index contributed by atoms with van der Waals surface area (Å²) in [7, 11) is 2.09. The highest BCUT2D eigenvalue weighted by atomic mass is 35.5. The van der Waals surface area contributed by atoms with Crippen molar-refractivity contribution in [2.75, 3.05) is 20.1 Å². The van der Waals surface area contributed by atoms with Gasteiger partial charge in [0.2, 0.25) is 0 Å². The van der Waals surface area contributed by atoms with Gasteiger partial charge in [0.15, 0.2) is 0 Å². The average molecular weight is 268 g/mol. The Morgan fingerprint density at radius 1 is 1.28 bits per heavy atom. The second kappa shape index (κ2) is 7.38. The van der Waals surface area contributed by atoms with Crippen LogP contribution in [0.3, 0.4) is 0 Å². The van der Waals surface area contributed by atoms with E-state index in [1.54, 1.807) is 0 Å². The Morgan fingerprint density at radius 2 is 1.83 bits per heavy atom. The van der Waals surface area contributed by atoms with Crippen molar-refractivity contribution in [3.63, 3.8) is 0 Å². The SMILES string of the molecule is CN(Cc1ccc(C#N)cc1)CC(C)(C)CN.Cl. The van der Waals surface area contributed by atoms with Gasteiger partial charge in [0.05, 0.1) is 11.6 Å². The molecule has 0 radical (unpaired) electrons. The second-order valence-electron chi connectivity index (χ2n) is 5.35. The minimum Gasteiger partial charge on any atom is -0.330 e. The van der Waals surface area contributed by atoms with E-state index in [4.69, 9.17) is 11.0 Å². The lowest BCUT2D eigenvalue weighted by Crippen LogP contribution is -2.36. The maximum atomic E-state index is 8.72. The van der Waals surface area contributed by atoms with Gasteiger partial charge in [0.25, 0.3) is 0 Å². The van der Waals surface area contributed by atoms with Crippen LogP contribution in [-0.2, 0) is 6.54 Å². The maximum Gasteiger partial charge on any atom is 0.0991 e. The molecule has 2 N–H and O–H groups in total. The molecule has 0 saturated heterocycles. The van der Waals surface area contributed by atoms with Crippen LogP contribution in [0.15, 0.2) is 24.3 Å². The van der Waals surface area contributed by atoms with E-state index in [9.17, 15) is 0 Å². The number of hydrogen-bond donors (Lipinski definition) is 1. The third-order valence-corrected chi connectivity index (χ3v) is 2.79. The van der Waals surface area contributed by atoms with Gasteiger partial charge >= 0.3 is 0 Å². The summed E-state index contributed by atoms with van der Waals surface area (Å²) in [6.07, 6.45) is 0. The Labute approximate surface area is 116 Å². The van der Waals surface area contributed by atoms with Crippen molar-refractivity contribution >= 4 is 12.4 Å². The Morgan fingerprint density at radius 3 is 2.28 bits per heavy atom. The lowest BCUT2D eigenvalue weighted by molar-refractivity contribution is 0.210. The topological polar surface area (TPSA) is 53.0 Å². The molecule has 0 aliphatic heterocycles. The summed E-state index contributed by atoms with van der Waals surface area (Å²) in [5, 5.41) is 8.72. The van der Waals surface area contributed by atoms with Gasteiger partial charge in [-0.3, -0.25) is 0 Å². The van der Waals surface area contributed by atoms with Crippen LogP contribution >= 0.6 is 12.4 Å². The first-order valence-electron chi connectivity index (χ1n) is 5.84. The van der Waals surface area contributed by atoms with Crippen molar-refractivity contribution in [2.24, 2.45) is 11.1 Å². The van der Waals surface area contributed by atoms with E-state index in [2.05, 4.69) is 31.9 Å². The molecule has 0 amide bonds. The molecule has 0 aliphatic rings. The van der Waals surface area contributed by atoms with Crippen LogP contribution in [0, 0.1) is 16.7 Å². The summed E-state index contributed by atoms with van der Waals surface area (Å²) in [6.45, 7) is 6.87. The number of halogens is 1. The quantitative estimate of drug-likeness (QED) is 0.891. The number of benzene rings is 1. The molecule has 1 aromatic carbocycles. The van der Waals surface area contributed by atoms with E-state index in [1.807, 2.05) is 24.3 Å². The predicted molar refractivity (Wildman–Crippen MR) is 77.6 cm³/mol. The molecule has 0 heterocycles. The molecule has 0 aliphatic carbocycles. The van der Waals surface area contributed by atoms with Crippen molar-refractivity contribution < 1.29 is 0 Å². The van der Waals surface area contributed by atoms with E-state index in [0.29, 0.717) is 12.1 Å². The molecular weight excluding hydrogens is 246 g/mol. The van der Waals surface area contributed by atoms with E-state index in [0.717, 1.165) is 13.1 Å². The fraction of sp³-hybridized carbons (Fsp3) is 0.500. The standard InChI is InChI=1S/C14H21N3.ClH/c1-14(2,10-16)11-17(3)9-13-6-4-12(8-15)5-7-13;/h4-7H,9-11,16H2,1-3H3;1H. The van der Waals surface area contributed by atoms with Crippen LogP contribution in [0.4, 0.5) is 0 Å². The summed E-state index contributed by atoms with van der Waals surface area (Å²) in [5.41, 5.74) is 7.79. The van der Waals surface area contributed by atoms with Crippen LogP contribution < -0.4 is 5.73 Å². The molecule has 100 valence electrons. The molecule has 0 aromatic heterocycles. The highest BCUT2D eigenvalue weighted by molar-refractivity contribution is 5.85. The van der Waals surface area contributed by atoms with Crippen LogP contribution in [0.1, 0.15) is 25.0 Å². The maximum absolute atomic E-state index is 8.72. The summed E-state index contributed by atoms with van der Waals surface area (Å²) in [6, 6.07) is 9.85. The molecule has 0 atom stereocenters. The van der Waals surface area contributed by atoms with Crippen LogP contribution in [0.5, 0.6) is 0 Å². The third kappa shape index (κ3) is 5.50. The van der Waals surface area contributed by atoms with Crippen molar-refractivity contribution in [1.29, 1.82) is 5.26 Å².